The van der Waals surface area contributed by atoms with E-state index in [4.69, 9.17) is 0 Å². The number of hydrogen-bond acceptors (Lipinski definition) is 6. The number of nitrogens with one attached hydrogen (secondary N) is 2. The monoisotopic (exact) mass is 309 g/mol. The van der Waals surface area contributed by atoms with E-state index in [0.717, 1.165) is 6.42 Å². The lowest BCUT2D eigenvalue weighted by Gasteiger charge is -2.20. The topological polar surface area (TPSA) is 83.0 Å². The normalized spacial score (nSPS) is 19.0. The number of aromatic nitrogens is 3. The Hall–Kier alpha value is -1.76. The van der Waals surface area contributed by atoms with Crippen LogP contribution in [0, 0.1) is 0 Å². The molecule has 0 spiro atoms. The van der Waals surface area contributed by atoms with Crippen molar-refractivity contribution >= 4 is 17.5 Å². The summed E-state index contributed by atoms with van der Waals surface area (Å²) in [4.78, 5) is 12.9. The average Bonchev–Trinajstić information content (AvgIpc) is 2.40. The van der Waals surface area contributed by atoms with Crippen molar-refractivity contribution in [2.45, 2.75) is 65.1 Å². The zero-order chi connectivity index (χ0) is 16.3. The molecule has 1 aromatic rings. The van der Waals surface area contributed by atoms with Gasteiger partial charge in [-0.1, -0.05) is 0 Å². The molecule has 1 atom stereocenters. The Morgan fingerprint density at radius 3 is 2.09 bits per heavy atom. The SMILES string of the molecule is CC(C)Nc1nc(NC(C)C)nc(C2=C(F)C(O)CCC2)n1. The van der Waals surface area contributed by atoms with Crippen molar-refractivity contribution < 1.29 is 9.50 Å². The van der Waals surface area contributed by atoms with Crippen LogP contribution in [0.25, 0.3) is 5.57 Å². The summed E-state index contributed by atoms with van der Waals surface area (Å²) in [6.45, 7) is 7.90. The van der Waals surface area contributed by atoms with Gasteiger partial charge in [0, 0.05) is 17.7 Å². The number of rotatable bonds is 5. The number of hydrogen-bond donors (Lipinski definition) is 3. The van der Waals surface area contributed by atoms with Crippen molar-refractivity contribution in [3.8, 4) is 0 Å². The van der Waals surface area contributed by atoms with Gasteiger partial charge in [-0.05, 0) is 47.0 Å². The third-order valence-electron chi connectivity index (χ3n) is 3.23. The van der Waals surface area contributed by atoms with Gasteiger partial charge in [-0.3, -0.25) is 0 Å². The first-order valence-electron chi connectivity index (χ1n) is 7.73. The minimum Gasteiger partial charge on any atom is -0.386 e. The van der Waals surface area contributed by atoms with Crippen LogP contribution in [0.2, 0.25) is 0 Å². The lowest BCUT2D eigenvalue weighted by Crippen LogP contribution is -2.20. The van der Waals surface area contributed by atoms with Gasteiger partial charge < -0.3 is 15.7 Å². The van der Waals surface area contributed by atoms with Crippen molar-refractivity contribution in [1.82, 2.24) is 15.0 Å². The van der Waals surface area contributed by atoms with Gasteiger partial charge in [0.1, 0.15) is 11.9 Å². The summed E-state index contributed by atoms with van der Waals surface area (Å²) in [6.07, 6.45) is 0.628. The van der Waals surface area contributed by atoms with E-state index in [1.807, 2.05) is 27.7 Å². The summed E-state index contributed by atoms with van der Waals surface area (Å²) < 4.78 is 14.2. The van der Waals surface area contributed by atoms with Crippen molar-refractivity contribution in [2.75, 3.05) is 10.6 Å². The van der Waals surface area contributed by atoms with E-state index in [-0.39, 0.29) is 17.9 Å². The van der Waals surface area contributed by atoms with Gasteiger partial charge >= 0.3 is 0 Å². The second kappa shape index (κ2) is 7.00. The molecular formula is C15H24FN5O. The number of anilines is 2. The Morgan fingerprint density at radius 2 is 1.59 bits per heavy atom. The second-order valence-electron chi connectivity index (χ2n) is 6.14. The maximum Gasteiger partial charge on any atom is 0.228 e. The van der Waals surface area contributed by atoms with E-state index in [1.165, 1.54) is 0 Å². The molecule has 0 radical (unpaired) electrons. The molecule has 1 aliphatic rings. The molecule has 7 heteroatoms. The van der Waals surface area contributed by atoms with Gasteiger partial charge in [-0.2, -0.15) is 15.0 Å². The van der Waals surface area contributed by atoms with E-state index in [1.54, 1.807) is 0 Å². The van der Waals surface area contributed by atoms with Gasteiger partial charge in [-0.15, -0.1) is 0 Å². The fourth-order valence-electron chi connectivity index (χ4n) is 2.29. The first kappa shape index (κ1) is 16.6. The largest absolute Gasteiger partial charge is 0.386 e. The van der Waals surface area contributed by atoms with E-state index in [2.05, 4.69) is 25.6 Å². The Balaban J connectivity index is 2.42. The standard InChI is InChI=1S/C15H24FN5O/c1-8(2)17-14-19-13(20-15(21-14)18-9(3)4)10-6-5-7-11(22)12(10)16/h8-9,11,22H,5-7H2,1-4H3,(H2,17,18,19,20,21). The van der Waals surface area contributed by atoms with Gasteiger partial charge in [0.25, 0.3) is 0 Å². The van der Waals surface area contributed by atoms with Gasteiger partial charge in [0.2, 0.25) is 11.9 Å². The summed E-state index contributed by atoms with van der Waals surface area (Å²) >= 11 is 0. The molecular weight excluding hydrogens is 285 g/mol. The molecule has 1 aromatic heterocycles. The molecule has 1 unspecified atom stereocenters. The van der Waals surface area contributed by atoms with Gasteiger partial charge in [0.15, 0.2) is 5.82 Å². The Morgan fingerprint density at radius 1 is 1.05 bits per heavy atom. The molecule has 22 heavy (non-hydrogen) atoms. The molecule has 0 saturated heterocycles. The van der Waals surface area contributed by atoms with Crippen LogP contribution in [0.4, 0.5) is 16.3 Å². The van der Waals surface area contributed by atoms with Crippen LogP contribution in [0.3, 0.4) is 0 Å². The molecule has 0 aromatic carbocycles. The Kier molecular flexibility index (Phi) is 5.28. The summed E-state index contributed by atoms with van der Waals surface area (Å²) in [5.41, 5.74) is 0.375. The van der Waals surface area contributed by atoms with Crippen LogP contribution < -0.4 is 10.6 Å². The van der Waals surface area contributed by atoms with Crippen LogP contribution in [-0.2, 0) is 0 Å². The first-order chi connectivity index (χ1) is 10.4. The van der Waals surface area contributed by atoms with E-state index in [0.29, 0.717) is 30.3 Å². The molecule has 6 nitrogen and oxygen atoms in total. The highest BCUT2D eigenvalue weighted by Crippen LogP contribution is 2.32. The van der Waals surface area contributed by atoms with Crippen molar-refractivity contribution in [3.05, 3.63) is 11.7 Å². The predicted octanol–water partition coefficient (Wildman–Crippen LogP) is 2.74. The molecule has 122 valence electrons. The molecule has 0 saturated carbocycles. The number of halogens is 1. The summed E-state index contributed by atoms with van der Waals surface area (Å²) in [5, 5.41) is 15.9. The highest BCUT2D eigenvalue weighted by molar-refractivity contribution is 5.65. The van der Waals surface area contributed by atoms with E-state index < -0.39 is 11.9 Å². The highest BCUT2D eigenvalue weighted by atomic mass is 19.1. The molecule has 1 aliphatic carbocycles. The zero-order valence-corrected chi connectivity index (χ0v) is 13.5. The minimum absolute atomic E-state index is 0.151. The van der Waals surface area contributed by atoms with E-state index in [9.17, 15) is 9.50 Å². The molecule has 0 bridgehead atoms. The third-order valence-corrected chi connectivity index (χ3v) is 3.23. The number of aliphatic hydroxyl groups is 1. The fourth-order valence-corrected chi connectivity index (χ4v) is 2.29. The van der Waals surface area contributed by atoms with Crippen LogP contribution in [0.1, 0.15) is 52.8 Å². The van der Waals surface area contributed by atoms with Crippen LogP contribution in [-0.4, -0.2) is 38.2 Å². The lowest BCUT2D eigenvalue weighted by atomic mass is 9.96. The molecule has 1 heterocycles. The first-order valence-corrected chi connectivity index (χ1v) is 7.73. The molecule has 2 rings (SSSR count). The Bertz CT molecular complexity index is 531. The van der Waals surface area contributed by atoms with Crippen LogP contribution in [0.5, 0.6) is 0 Å². The third kappa shape index (κ3) is 4.13. The summed E-state index contributed by atoms with van der Waals surface area (Å²) in [5.74, 6) is 0.577. The Labute approximate surface area is 130 Å². The molecule has 0 fully saturated rings. The molecule has 0 amide bonds. The smallest absolute Gasteiger partial charge is 0.228 e. The van der Waals surface area contributed by atoms with Crippen molar-refractivity contribution in [3.63, 3.8) is 0 Å². The van der Waals surface area contributed by atoms with Crippen molar-refractivity contribution in [1.29, 1.82) is 0 Å². The average molecular weight is 309 g/mol. The van der Waals surface area contributed by atoms with Crippen molar-refractivity contribution in [2.24, 2.45) is 0 Å². The number of nitrogens with zero attached hydrogens (tertiary/aromatic N) is 3. The second-order valence-corrected chi connectivity index (χ2v) is 6.14. The molecule has 3 N–H and O–H groups in total. The van der Waals surface area contributed by atoms with Crippen LogP contribution >= 0.6 is 0 Å². The maximum absolute atomic E-state index is 14.2. The minimum atomic E-state index is -1.05. The van der Waals surface area contributed by atoms with Gasteiger partial charge in [-0.25, -0.2) is 4.39 Å². The number of allylic oxidation sites excluding steroid dienone is 1. The van der Waals surface area contributed by atoms with Gasteiger partial charge in [0.05, 0.1) is 0 Å². The highest BCUT2D eigenvalue weighted by Gasteiger charge is 2.25. The fraction of sp³-hybridized carbons (Fsp3) is 0.667. The lowest BCUT2D eigenvalue weighted by molar-refractivity contribution is 0.165. The number of aliphatic hydroxyl groups excluding tert-OH is 1. The van der Waals surface area contributed by atoms with E-state index >= 15 is 0 Å². The summed E-state index contributed by atoms with van der Waals surface area (Å²) in [6, 6.07) is 0.302. The zero-order valence-electron chi connectivity index (χ0n) is 13.5. The molecule has 0 aliphatic heterocycles. The predicted molar refractivity (Wildman–Crippen MR) is 85.2 cm³/mol. The van der Waals surface area contributed by atoms with Crippen LogP contribution in [0.15, 0.2) is 5.83 Å². The summed E-state index contributed by atoms with van der Waals surface area (Å²) in [7, 11) is 0. The quantitative estimate of drug-likeness (QED) is 0.776. The maximum atomic E-state index is 14.2.